The molecule has 2 aromatic rings. The third kappa shape index (κ3) is 2.71. The van der Waals surface area contributed by atoms with Gasteiger partial charge in [-0.05, 0) is 26.0 Å². The number of hydrogen-bond donors (Lipinski definition) is 1. The zero-order valence-corrected chi connectivity index (χ0v) is 11.5. The number of carbonyl (C=O) groups is 1. The van der Waals surface area contributed by atoms with Gasteiger partial charge in [0, 0.05) is 13.2 Å². The molecule has 100 valence electrons. The molecule has 1 amide bonds. The number of pyridine rings is 1. The third-order valence-electron chi connectivity index (χ3n) is 2.68. The van der Waals surface area contributed by atoms with Crippen molar-refractivity contribution >= 4 is 23.2 Å². The van der Waals surface area contributed by atoms with E-state index in [4.69, 9.17) is 16.0 Å². The van der Waals surface area contributed by atoms with E-state index < -0.39 is 0 Å². The van der Waals surface area contributed by atoms with E-state index in [1.54, 1.807) is 27.0 Å². The largest absolute Gasteiger partial charge is 0.466 e. The minimum atomic E-state index is -0.310. The van der Waals surface area contributed by atoms with Crippen molar-refractivity contribution in [1.29, 1.82) is 0 Å². The Morgan fingerprint density at radius 3 is 2.58 bits per heavy atom. The molecule has 0 bridgehead atoms. The minimum Gasteiger partial charge on any atom is -0.466 e. The number of amides is 1. The molecule has 0 aromatic carbocycles. The Balaban J connectivity index is 2.29. The quantitative estimate of drug-likeness (QED) is 0.919. The number of hydrogen-bond acceptors (Lipinski definition) is 3. The highest BCUT2D eigenvalue weighted by atomic mass is 35.5. The topological polar surface area (TPSA) is 64.2 Å². The molecule has 0 aliphatic carbocycles. The Kier molecular flexibility index (Phi) is 3.48. The predicted octanol–water partition coefficient (Wildman–Crippen LogP) is 2.50. The number of anilines is 1. The van der Waals surface area contributed by atoms with Crippen LogP contribution in [0.3, 0.4) is 0 Å². The van der Waals surface area contributed by atoms with Crippen molar-refractivity contribution in [3.63, 3.8) is 0 Å². The van der Waals surface area contributed by atoms with Gasteiger partial charge in [0.2, 0.25) is 0 Å². The number of aromatic nitrogens is 1. The first-order chi connectivity index (χ1) is 8.88. The number of rotatable bonds is 2. The summed E-state index contributed by atoms with van der Waals surface area (Å²) >= 11 is 5.78. The van der Waals surface area contributed by atoms with Gasteiger partial charge in [-0.1, -0.05) is 11.6 Å². The summed E-state index contributed by atoms with van der Waals surface area (Å²) < 4.78 is 6.61. The molecule has 5 nitrogen and oxygen atoms in total. The Hall–Kier alpha value is -2.01. The van der Waals surface area contributed by atoms with E-state index in [0.29, 0.717) is 22.8 Å². The van der Waals surface area contributed by atoms with Gasteiger partial charge in [-0.3, -0.25) is 9.59 Å². The molecule has 0 saturated heterocycles. The van der Waals surface area contributed by atoms with E-state index in [-0.39, 0.29) is 16.5 Å². The van der Waals surface area contributed by atoms with Crippen LogP contribution in [0.15, 0.2) is 27.5 Å². The summed E-state index contributed by atoms with van der Waals surface area (Å²) in [5, 5.41) is 2.73. The lowest BCUT2D eigenvalue weighted by molar-refractivity contribution is 0.102. The van der Waals surface area contributed by atoms with Crippen molar-refractivity contribution in [2.24, 2.45) is 7.05 Å². The predicted molar refractivity (Wildman–Crippen MR) is 72.8 cm³/mol. The number of halogens is 1. The summed E-state index contributed by atoms with van der Waals surface area (Å²) in [5.41, 5.74) is 0.604. The van der Waals surface area contributed by atoms with Gasteiger partial charge in [0.1, 0.15) is 16.5 Å². The maximum atomic E-state index is 12.1. The van der Waals surface area contributed by atoms with Gasteiger partial charge < -0.3 is 14.3 Å². The SMILES string of the molecule is Cc1cc(C(=O)Nc2cc(Cl)c(=O)n(C)c2)c(C)o1. The fraction of sp³-hybridized carbons (Fsp3) is 0.231. The van der Waals surface area contributed by atoms with Crippen LogP contribution in [0.5, 0.6) is 0 Å². The van der Waals surface area contributed by atoms with Gasteiger partial charge in [0.15, 0.2) is 0 Å². The monoisotopic (exact) mass is 280 g/mol. The van der Waals surface area contributed by atoms with Crippen molar-refractivity contribution in [3.8, 4) is 0 Å². The van der Waals surface area contributed by atoms with E-state index in [2.05, 4.69) is 5.32 Å². The van der Waals surface area contributed by atoms with Crippen LogP contribution in [0.4, 0.5) is 5.69 Å². The van der Waals surface area contributed by atoms with Crippen LogP contribution in [0, 0.1) is 13.8 Å². The molecular formula is C13H13ClN2O3. The van der Waals surface area contributed by atoms with E-state index >= 15 is 0 Å². The molecule has 0 aliphatic rings. The molecule has 1 N–H and O–H groups in total. The first-order valence-electron chi connectivity index (χ1n) is 5.63. The fourth-order valence-electron chi connectivity index (χ4n) is 1.79. The van der Waals surface area contributed by atoms with Crippen molar-refractivity contribution in [3.05, 3.63) is 50.8 Å². The summed E-state index contributed by atoms with van der Waals surface area (Å²) in [6.45, 7) is 3.49. The van der Waals surface area contributed by atoms with Gasteiger partial charge in [0.25, 0.3) is 11.5 Å². The Morgan fingerprint density at radius 2 is 2.05 bits per heavy atom. The number of carbonyl (C=O) groups excluding carboxylic acids is 1. The maximum Gasteiger partial charge on any atom is 0.269 e. The molecule has 0 unspecified atom stereocenters. The first kappa shape index (κ1) is 13.4. The van der Waals surface area contributed by atoms with Gasteiger partial charge in [0.05, 0.1) is 11.3 Å². The molecule has 0 fully saturated rings. The van der Waals surface area contributed by atoms with Crippen LogP contribution in [0.25, 0.3) is 0 Å². The minimum absolute atomic E-state index is 0.0559. The van der Waals surface area contributed by atoms with Crippen LogP contribution in [-0.2, 0) is 7.05 Å². The molecule has 0 saturated carbocycles. The van der Waals surface area contributed by atoms with Gasteiger partial charge in [-0.15, -0.1) is 0 Å². The lowest BCUT2D eigenvalue weighted by Gasteiger charge is -2.06. The normalized spacial score (nSPS) is 10.5. The zero-order chi connectivity index (χ0) is 14.2. The van der Waals surface area contributed by atoms with Gasteiger partial charge >= 0.3 is 0 Å². The van der Waals surface area contributed by atoms with Crippen LogP contribution in [-0.4, -0.2) is 10.5 Å². The van der Waals surface area contributed by atoms with E-state index in [1.165, 1.54) is 16.8 Å². The molecule has 19 heavy (non-hydrogen) atoms. The Labute approximate surface area is 114 Å². The maximum absolute atomic E-state index is 12.1. The average molecular weight is 281 g/mol. The molecule has 6 heteroatoms. The third-order valence-corrected chi connectivity index (χ3v) is 2.95. The molecule has 0 radical (unpaired) electrons. The molecule has 2 aromatic heterocycles. The number of nitrogens with zero attached hydrogens (tertiary/aromatic N) is 1. The molecule has 0 spiro atoms. The van der Waals surface area contributed by atoms with Gasteiger partial charge in [-0.2, -0.15) is 0 Å². The molecule has 2 heterocycles. The second-order valence-corrected chi connectivity index (χ2v) is 4.68. The van der Waals surface area contributed by atoms with E-state index in [1.807, 2.05) is 0 Å². The standard InChI is InChI=1S/C13H13ClN2O3/c1-7-4-10(8(2)19-7)12(17)15-9-5-11(14)13(18)16(3)6-9/h4-6H,1-3H3,(H,15,17). The van der Waals surface area contributed by atoms with Crippen molar-refractivity contribution in [2.45, 2.75) is 13.8 Å². The van der Waals surface area contributed by atoms with Crippen molar-refractivity contribution in [1.82, 2.24) is 4.57 Å². The average Bonchev–Trinajstić information content (AvgIpc) is 2.65. The molecule has 0 atom stereocenters. The molecule has 2 rings (SSSR count). The second kappa shape index (κ2) is 4.93. The Bertz CT molecular complexity index is 674. The summed E-state index contributed by atoms with van der Waals surface area (Å²) in [6.07, 6.45) is 1.51. The first-order valence-corrected chi connectivity index (χ1v) is 6.01. The summed E-state index contributed by atoms with van der Waals surface area (Å²) in [6, 6.07) is 3.08. The highest BCUT2D eigenvalue weighted by molar-refractivity contribution is 6.30. The smallest absolute Gasteiger partial charge is 0.269 e. The number of nitrogens with one attached hydrogen (secondary N) is 1. The van der Waals surface area contributed by atoms with Crippen molar-refractivity contribution < 1.29 is 9.21 Å². The van der Waals surface area contributed by atoms with Crippen LogP contribution in [0.1, 0.15) is 21.9 Å². The summed E-state index contributed by atoms with van der Waals surface area (Å²) in [5.74, 6) is 0.913. The number of aryl methyl sites for hydroxylation is 3. The number of furan rings is 1. The van der Waals surface area contributed by atoms with E-state index in [9.17, 15) is 9.59 Å². The summed E-state index contributed by atoms with van der Waals surface area (Å²) in [7, 11) is 1.57. The fourth-order valence-corrected chi connectivity index (χ4v) is 2.05. The van der Waals surface area contributed by atoms with E-state index in [0.717, 1.165) is 0 Å². The summed E-state index contributed by atoms with van der Waals surface area (Å²) in [4.78, 5) is 23.5. The lowest BCUT2D eigenvalue weighted by Crippen LogP contribution is -2.19. The lowest BCUT2D eigenvalue weighted by atomic mass is 10.2. The second-order valence-electron chi connectivity index (χ2n) is 4.27. The Morgan fingerprint density at radius 1 is 1.37 bits per heavy atom. The highest BCUT2D eigenvalue weighted by Gasteiger charge is 2.14. The molecule has 0 aliphatic heterocycles. The van der Waals surface area contributed by atoms with Crippen molar-refractivity contribution in [2.75, 3.05) is 5.32 Å². The van der Waals surface area contributed by atoms with Crippen LogP contribution >= 0.6 is 11.6 Å². The van der Waals surface area contributed by atoms with Gasteiger partial charge in [-0.25, -0.2) is 0 Å². The highest BCUT2D eigenvalue weighted by Crippen LogP contribution is 2.17. The van der Waals surface area contributed by atoms with Crippen LogP contribution < -0.4 is 10.9 Å². The molecular weight excluding hydrogens is 268 g/mol. The van der Waals surface area contributed by atoms with Crippen LogP contribution in [0.2, 0.25) is 5.02 Å². The zero-order valence-electron chi connectivity index (χ0n) is 10.8.